The van der Waals surface area contributed by atoms with Crippen LogP contribution in [0.5, 0.6) is 0 Å². The molecule has 2 aromatic carbocycles. The van der Waals surface area contributed by atoms with Crippen molar-refractivity contribution in [3.8, 4) is 0 Å². The zero-order valence-corrected chi connectivity index (χ0v) is 16.1. The molecule has 3 rings (SSSR count). The lowest BCUT2D eigenvalue weighted by Crippen LogP contribution is -2.34. The zero-order chi connectivity index (χ0) is 19.2. The van der Waals surface area contributed by atoms with Crippen LogP contribution in [0.25, 0.3) is 0 Å². The lowest BCUT2D eigenvalue weighted by Gasteiger charge is -2.23. The summed E-state index contributed by atoms with van der Waals surface area (Å²) in [6.07, 6.45) is 1.60. The van der Waals surface area contributed by atoms with Gasteiger partial charge in [-0.05, 0) is 36.5 Å². The summed E-state index contributed by atoms with van der Waals surface area (Å²) in [7, 11) is 0. The van der Waals surface area contributed by atoms with E-state index >= 15 is 0 Å². The Morgan fingerprint density at radius 2 is 1.63 bits per heavy atom. The number of carbonyl (C=O) groups excluding carboxylic acids is 2. The predicted octanol–water partition coefficient (Wildman–Crippen LogP) is 4.02. The first kappa shape index (κ1) is 19.2. The van der Waals surface area contributed by atoms with Crippen LogP contribution in [-0.4, -0.2) is 18.4 Å². The fourth-order valence-corrected chi connectivity index (χ4v) is 3.24. The summed E-state index contributed by atoms with van der Waals surface area (Å²) in [5, 5.41) is 2.98. The molecule has 0 aromatic heterocycles. The molecule has 0 spiro atoms. The van der Waals surface area contributed by atoms with E-state index in [0.717, 1.165) is 17.7 Å². The molecule has 0 bridgehead atoms. The third-order valence-corrected chi connectivity index (χ3v) is 4.98. The average molecular weight is 364 g/mol. The summed E-state index contributed by atoms with van der Waals surface area (Å²) in [4.78, 5) is 27.3. The smallest absolute Gasteiger partial charge is 0.231 e. The van der Waals surface area contributed by atoms with Crippen molar-refractivity contribution in [2.75, 3.05) is 11.4 Å². The quantitative estimate of drug-likeness (QED) is 0.769. The molecular formula is C23H28N2O2. The van der Waals surface area contributed by atoms with Gasteiger partial charge in [0.1, 0.15) is 0 Å². The number of para-hydroxylation sites is 1. The summed E-state index contributed by atoms with van der Waals surface area (Å²) >= 11 is 0. The van der Waals surface area contributed by atoms with E-state index in [1.54, 1.807) is 4.90 Å². The molecule has 1 aliphatic carbocycles. The standard InChI is InChI=1S/C23H28N2O2/c1-17(2)13-14-24-22(26)20-15-21(20)23(27)25(19-11-7-4-8-12-19)16-18-9-5-3-6-10-18/h3-12,17,20-21H,13-16H2,1-2H3,(H,24,26). The number of anilines is 1. The van der Waals surface area contributed by atoms with Crippen LogP contribution in [-0.2, 0) is 16.1 Å². The monoisotopic (exact) mass is 364 g/mol. The molecular weight excluding hydrogens is 336 g/mol. The molecule has 1 N–H and O–H groups in total. The van der Waals surface area contributed by atoms with Gasteiger partial charge in [0.2, 0.25) is 11.8 Å². The van der Waals surface area contributed by atoms with Crippen molar-refractivity contribution in [2.24, 2.45) is 17.8 Å². The summed E-state index contributed by atoms with van der Waals surface area (Å²) in [6.45, 7) is 5.47. The molecule has 1 fully saturated rings. The molecule has 0 heterocycles. The highest BCUT2D eigenvalue weighted by atomic mass is 16.2. The van der Waals surface area contributed by atoms with Crippen LogP contribution in [0.2, 0.25) is 0 Å². The Morgan fingerprint density at radius 1 is 1.00 bits per heavy atom. The van der Waals surface area contributed by atoms with Crippen LogP contribution >= 0.6 is 0 Å². The Labute approximate surface area is 161 Å². The Hall–Kier alpha value is -2.62. The molecule has 2 amide bonds. The van der Waals surface area contributed by atoms with Gasteiger partial charge in [-0.25, -0.2) is 0 Å². The largest absolute Gasteiger partial charge is 0.356 e. The van der Waals surface area contributed by atoms with E-state index in [1.165, 1.54) is 0 Å². The van der Waals surface area contributed by atoms with E-state index in [4.69, 9.17) is 0 Å². The van der Waals surface area contributed by atoms with Crippen molar-refractivity contribution in [1.82, 2.24) is 5.32 Å². The van der Waals surface area contributed by atoms with Gasteiger partial charge < -0.3 is 10.2 Å². The van der Waals surface area contributed by atoms with Gasteiger partial charge in [-0.2, -0.15) is 0 Å². The van der Waals surface area contributed by atoms with Crippen LogP contribution in [0, 0.1) is 17.8 Å². The van der Waals surface area contributed by atoms with Gasteiger partial charge in [0.05, 0.1) is 18.4 Å². The van der Waals surface area contributed by atoms with Crippen molar-refractivity contribution in [2.45, 2.75) is 33.2 Å². The number of rotatable bonds is 8. The molecule has 4 heteroatoms. The third-order valence-electron chi connectivity index (χ3n) is 4.98. The minimum atomic E-state index is -0.215. The Balaban J connectivity index is 1.66. The second kappa shape index (κ2) is 8.85. The number of carbonyl (C=O) groups is 2. The predicted molar refractivity (Wildman–Crippen MR) is 108 cm³/mol. The Morgan fingerprint density at radius 3 is 2.26 bits per heavy atom. The number of nitrogens with one attached hydrogen (secondary N) is 1. The molecule has 0 aliphatic heterocycles. The van der Waals surface area contributed by atoms with Crippen LogP contribution in [0.4, 0.5) is 5.69 Å². The van der Waals surface area contributed by atoms with E-state index < -0.39 is 0 Å². The van der Waals surface area contributed by atoms with Crippen molar-refractivity contribution in [1.29, 1.82) is 0 Å². The van der Waals surface area contributed by atoms with Gasteiger partial charge in [0.25, 0.3) is 0 Å². The molecule has 2 aromatic rings. The van der Waals surface area contributed by atoms with E-state index in [-0.39, 0.29) is 23.7 Å². The molecule has 0 radical (unpaired) electrons. The first-order chi connectivity index (χ1) is 13.1. The second-order valence-electron chi connectivity index (χ2n) is 7.67. The van der Waals surface area contributed by atoms with Gasteiger partial charge in [-0.1, -0.05) is 62.4 Å². The van der Waals surface area contributed by atoms with Crippen molar-refractivity contribution < 1.29 is 9.59 Å². The zero-order valence-electron chi connectivity index (χ0n) is 16.1. The fourth-order valence-electron chi connectivity index (χ4n) is 3.24. The van der Waals surface area contributed by atoms with Crippen molar-refractivity contribution in [3.05, 3.63) is 66.2 Å². The maximum absolute atomic E-state index is 13.2. The van der Waals surface area contributed by atoms with Gasteiger partial charge in [-0.15, -0.1) is 0 Å². The number of amides is 2. The molecule has 1 aliphatic rings. The van der Waals surface area contributed by atoms with E-state index in [9.17, 15) is 9.59 Å². The average Bonchev–Trinajstić information content (AvgIpc) is 3.48. The number of hydrogen-bond donors (Lipinski definition) is 1. The lowest BCUT2D eigenvalue weighted by molar-refractivity contribution is -0.126. The topological polar surface area (TPSA) is 49.4 Å². The number of benzene rings is 2. The van der Waals surface area contributed by atoms with Crippen LogP contribution in [0.1, 0.15) is 32.3 Å². The minimum Gasteiger partial charge on any atom is -0.356 e. The summed E-state index contributed by atoms with van der Waals surface area (Å²) in [5.74, 6) is 0.205. The Kier molecular flexibility index (Phi) is 6.28. The molecule has 4 nitrogen and oxygen atoms in total. The lowest BCUT2D eigenvalue weighted by atomic mass is 10.1. The summed E-state index contributed by atoms with van der Waals surface area (Å²) < 4.78 is 0. The summed E-state index contributed by atoms with van der Waals surface area (Å²) in [5.41, 5.74) is 1.95. The van der Waals surface area contributed by atoms with Crippen molar-refractivity contribution >= 4 is 17.5 Å². The van der Waals surface area contributed by atoms with Crippen LogP contribution < -0.4 is 10.2 Å². The highest BCUT2D eigenvalue weighted by Crippen LogP contribution is 2.41. The third kappa shape index (κ3) is 5.19. The van der Waals surface area contributed by atoms with E-state index in [1.807, 2.05) is 60.7 Å². The molecule has 2 atom stereocenters. The first-order valence-corrected chi connectivity index (χ1v) is 9.74. The molecule has 27 heavy (non-hydrogen) atoms. The van der Waals surface area contributed by atoms with Gasteiger partial charge >= 0.3 is 0 Å². The molecule has 142 valence electrons. The second-order valence-corrected chi connectivity index (χ2v) is 7.67. The molecule has 1 saturated carbocycles. The number of nitrogens with zero attached hydrogens (tertiary/aromatic N) is 1. The summed E-state index contributed by atoms with van der Waals surface area (Å²) in [6, 6.07) is 19.7. The normalized spacial score (nSPS) is 18.2. The van der Waals surface area contributed by atoms with Crippen molar-refractivity contribution in [3.63, 3.8) is 0 Å². The fraction of sp³-hybridized carbons (Fsp3) is 0.391. The van der Waals surface area contributed by atoms with Gasteiger partial charge in [0.15, 0.2) is 0 Å². The van der Waals surface area contributed by atoms with Crippen LogP contribution in [0.3, 0.4) is 0 Å². The highest BCUT2D eigenvalue weighted by Gasteiger charge is 2.49. The van der Waals surface area contributed by atoms with E-state index in [2.05, 4.69) is 19.2 Å². The van der Waals surface area contributed by atoms with Gasteiger partial charge in [-0.3, -0.25) is 9.59 Å². The maximum atomic E-state index is 13.2. The minimum absolute atomic E-state index is 0.0155. The first-order valence-electron chi connectivity index (χ1n) is 9.74. The van der Waals surface area contributed by atoms with Gasteiger partial charge in [0, 0.05) is 12.2 Å². The van der Waals surface area contributed by atoms with Crippen LogP contribution in [0.15, 0.2) is 60.7 Å². The van der Waals surface area contributed by atoms with E-state index in [0.29, 0.717) is 25.4 Å². The molecule has 0 saturated heterocycles. The number of hydrogen-bond acceptors (Lipinski definition) is 2. The maximum Gasteiger partial charge on any atom is 0.231 e. The highest BCUT2D eigenvalue weighted by molar-refractivity contribution is 6.01. The SMILES string of the molecule is CC(C)CCNC(=O)C1CC1C(=O)N(Cc1ccccc1)c1ccccc1. The molecule has 2 unspecified atom stereocenters. The Bertz CT molecular complexity index is 758.